The summed E-state index contributed by atoms with van der Waals surface area (Å²) >= 11 is 0. The van der Waals surface area contributed by atoms with Gasteiger partial charge in [-0.05, 0) is 20.3 Å². The molecule has 1 rings (SSSR count). The van der Waals surface area contributed by atoms with Gasteiger partial charge in [0.1, 0.15) is 13.1 Å². The molecule has 0 saturated carbocycles. The second-order valence-electron chi connectivity index (χ2n) is 8.81. The molecule has 0 fully saturated rings. The van der Waals surface area contributed by atoms with Gasteiger partial charge in [-0.1, -0.05) is 84.0 Å². The molecule has 1 unspecified atom stereocenters. The van der Waals surface area contributed by atoms with Gasteiger partial charge in [-0.15, -0.1) is 0 Å². The van der Waals surface area contributed by atoms with Crippen molar-refractivity contribution in [3.63, 3.8) is 0 Å². The molecule has 0 spiro atoms. The highest BCUT2D eigenvalue weighted by molar-refractivity contribution is 7.80. The Morgan fingerprint density at radius 1 is 0.906 bits per heavy atom. The molecule has 0 aromatic carbocycles. The van der Waals surface area contributed by atoms with Gasteiger partial charge in [0.2, 0.25) is 10.4 Å². The molecule has 1 aliphatic heterocycles. The zero-order chi connectivity index (χ0) is 24.1. The number of hydrogen-bond acceptors (Lipinski definition) is 5. The van der Waals surface area contributed by atoms with Crippen LogP contribution in [0.5, 0.6) is 0 Å². The first-order valence-electron chi connectivity index (χ1n) is 13.0. The molecule has 0 saturated heterocycles. The number of quaternary nitrogens is 1. The Morgan fingerprint density at radius 2 is 1.41 bits per heavy atom. The van der Waals surface area contributed by atoms with Gasteiger partial charge >= 0.3 is 5.84 Å². The van der Waals surface area contributed by atoms with Gasteiger partial charge in [0.05, 0.1) is 26.2 Å². The van der Waals surface area contributed by atoms with Crippen molar-refractivity contribution in [2.45, 2.75) is 111 Å². The third kappa shape index (κ3) is 16.1. The van der Waals surface area contributed by atoms with Crippen LogP contribution in [0.4, 0.5) is 0 Å². The Bertz CT molecular complexity index is 569. The quantitative estimate of drug-likeness (QED) is 0.128. The van der Waals surface area contributed by atoms with E-state index in [-0.39, 0.29) is 6.61 Å². The van der Waals surface area contributed by atoms with E-state index in [1.807, 2.05) is 0 Å². The molecular weight excluding hydrogens is 428 g/mol. The average molecular weight is 480 g/mol. The van der Waals surface area contributed by atoms with Gasteiger partial charge in [-0.3, -0.25) is 4.18 Å². The SMILES string of the molecule is CCCCCCCCCCCCCCCC1=[NH+]CC[N+]1(CC)CCO.CCOS(=O)(=O)[O-]. The largest absolute Gasteiger partial charge is 0.726 e. The molecule has 1 heterocycles. The summed E-state index contributed by atoms with van der Waals surface area (Å²) in [5.41, 5.74) is 0. The first kappa shape index (κ1) is 31.5. The second-order valence-corrected chi connectivity index (χ2v) is 9.87. The smallest absolute Gasteiger partial charge is 0.336 e. The van der Waals surface area contributed by atoms with Crippen molar-refractivity contribution in [1.29, 1.82) is 0 Å². The van der Waals surface area contributed by atoms with E-state index in [9.17, 15) is 18.1 Å². The normalized spacial score (nSPS) is 18.3. The Balaban J connectivity index is 0.00000118. The van der Waals surface area contributed by atoms with Gasteiger partial charge in [0.15, 0.2) is 6.54 Å². The first-order valence-corrected chi connectivity index (χ1v) is 14.4. The van der Waals surface area contributed by atoms with Crippen LogP contribution in [-0.4, -0.2) is 67.8 Å². The molecule has 0 aliphatic carbocycles. The lowest BCUT2D eigenvalue weighted by Crippen LogP contribution is -2.72. The van der Waals surface area contributed by atoms with E-state index in [4.69, 9.17) is 0 Å². The number of aliphatic hydroxyl groups is 1. The standard InChI is InChI=1S/C22H45N2O.C2H6O4S/c1-3-5-6-7-8-9-10-11-12-13-14-15-16-17-22-23-18-19-24(22,4-2)20-21-25;1-2-6-7(3,4)5/h25H,3-21H2,1-2H3;2H2,1H3,(H,3,4,5)/q+1;. The maximum absolute atomic E-state index is 9.45. The summed E-state index contributed by atoms with van der Waals surface area (Å²) in [4.78, 5) is 3.60. The summed E-state index contributed by atoms with van der Waals surface area (Å²) in [6.45, 7) is 10.4. The highest BCUT2D eigenvalue weighted by Gasteiger charge is 2.40. The number of nitrogens with zero attached hydrogens (tertiary/aromatic N) is 1. The fourth-order valence-electron chi connectivity index (χ4n) is 4.44. The number of amidine groups is 1. The summed E-state index contributed by atoms with van der Waals surface area (Å²) in [7, 11) is -4.42. The van der Waals surface area contributed by atoms with Crippen LogP contribution in [0.15, 0.2) is 0 Å². The first-order chi connectivity index (χ1) is 15.3. The van der Waals surface area contributed by atoms with Gasteiger partial charge in [-0.2, -0.15) is 4.99 Å². The predicted molar refractivity (Wildman–Crippen MR) is 130 cm³/mol. The fraction of sp³-hybridized carbons (Fsp3) is 0.958. The number of unbranched alkanes of at least 4 members (excludes halogenated alkanes) is 12. The zero-order valence-corrected chi connectivity index (χ0v) is 21.9. The minimum Gasteiger partial charge on any atom is -0.726 e. The molecule has 0 aromatic rings. The Kier molecular flexibility index (Phi) is 19.6. The maximum Gasteiger partial charge on any atom is 0.336 e. The van der Waals surface area contributed by atoms with E-state index in [1.165, 1.54) is 103 Å². The number of aliphatic hydroxyl groups excluding tert-OH is 1. The highest BCUT2D eigenvalue weighted by Crippen LogP contribution is 2.15. The monoisotopic (exact) mass is 479 g/mol. The molecule has 1 aliphatic rings. The topological polar surface area (TPSA) is 101 Å². The number of likely N-dealkylation sites (N-methyl/N-ethyl adjacent to an activating group) is 1. The third-order valence-electron chi connectivity index (χ3n) is 6.35. The third-order valence-corrected chi connectivity index (χ3v) is 6.88. The predicted octanol–water partition coefficient (Wildman–Crippen LogP) is 3.27. The van der Waals surface area contributed by atoms with Crippen molar-refractivity contribution in [2.75, 3.05) is 39.4 Å². The highest BCUT2D eigenvalue weighted by atomic mass is 32.3. The molecule has 0 amide bonds. The van der Waals surface area contributed by atoms with Crippen LogP contribution in [0.2, 0.25) is 0 Å². The van der Waals surface area contributed by atoms with E-state index >= 15 is 0 Å². The van der Waals surface area contributed by atoms with E-state index in [2.05, 4.69) is 23.0 Å². The van der Waals surface area contributed by atoms with Crippen molar-refractivity contribution in [1.82, 2.24) is 0 Å². The van der Waals surface area contributed by atoms with E-state index in [0.29, 0.717) is 6.61 Å². The van der Waals surface area contributed by atoms with Crippen LogP contribution >= 0.6 is 0 Å². The summed E-state index contributed by atoms with van der Waals surface area (Å²) in [6.07, 6.45) is 19.6. The molecule has 0 bridgehead atoms. The van der Waals surface area contributed by atoms with E-state index in [0.717, 1.165) is 30.7 Å². The summed E-state index contributed by atoms with van der Waals surface area (Å²) in [5, 5.41) is 9.37. The van der Waals surface area contributed by atoms with Crippen LogP contribution in [0.3, 0.4) is 0 Å². The van der Waals surface area contributed by atoms with Gasteiger partial charge in [-0.25, -0.2) is 12.9 Å². The molecule has 8 heteroatoms. The molecule has 0 aromatic heterocycles. The van der Waals surface area contributed by atoms with Crippen LogP contribution < -0.4 is 4.99 Å². The van der Waals surface area contributed by atoms with Crippen molar-refractivity contribution in [2.24, 2.45) is 0 Å². The van der Waals surface area contributed by atoms with Crippen molar-refractivity contribution in [3.05, 3.63) is 0 Å². The summed E-state index contributed by atoms with van der Waals surface area (Å²) in [5.74, 6) is 1.49. The molecule has 2 N–H and O–H groups in total. The van der Waals surface area contributed by atoms with Crippen molar-refractivity contribution in [3.8, 4) is 0 Å². The maximum atomic E-state index is 9.45. The van der Waals surface area contributed by atoms with Gasteiger partial charge in [0.25, 0.3) is 0 Å². The minimum absolute atomic E-state index is 0.0914. The zero-order valence-electron chi connectivity index (χ0n) is 21.1. The van der Waals surface area contributed by atoms with Crippen LogP contribution in [0.25, 0.3) is 0 Å². The second kappa shape index (κ2) is 19.9. The number of hydrogen-bond donors (Lipinski definition) is 2. The molecule has 7 nitrogen and oxygen atoms in total. The minimum atomic E-state index is -4.42. The van der Waals surface area contributed by atoms with Gasteiger partial charge in [0, 0.05) is 0 Å². The lowest BCUT2D eigenvalue weighted by Gasteiger charge is -2.28. The number of nitrogens with one attached hydrogen (secondary N) is 1. The molecule has 1 atom stereocenters. The molecule has 192 valence electrons. The van der Waals surface area contributed by atoms with Crippen molar-refractivity contribution >= 4 is 16.2 Å². The lowest BCUT2D eigenvalue weighted by molar-refractivity contribution is -0.837. The number of rotatable bonds is 19. The lowest BCUT2D eigenvalue weighted by atomic mass is 10.0. The van der Waals surface area contributed by atoms with Crippen LogP contribution in [0.1, 0.15) is 111 Å². The van der Waals surface area contributed by atoms with Crippen LogP contribution in [-0.2, 0) is 14.6 Å². The van der Waals surface area contributed by atoms with E-state index < -0.39 is 10.4 Å². The molecule has 0 radical (unpaired) electrons. The Labute approximate surface area is 198 Å². The summed E-state index contributed by atoms with van der Waals surface area (Å²) in [6, 6.07) is 0. The average Bonchev–Trinajstić information content (AvgIpc) is 3.14. The Morgan fingerprint density at radius 3 is 1.78 bits per heavy atom. The van der Waals surface area contributed by atoms with Crippen LogP contribution in [0, 0.1) is 0 Å². The van der Waals surface area contributed by atoms with E-state index in [1.54, 1.807) is 0 Å². The summed E-state index contributed by atoms with van der Waals surface area (Å²) < 4.78 is 33.0. The van der Waals surface area contributed by atoms with Crippen molar-refractivity contribution < 1.29 is 31.7 Å². The molecular formula is C24H51N2O5S+. The van der Waals surface area contributed by atoms with Gasteiger partial charge < -0.3 is 9.66 Å². The molecule has 32 heavy (non-hydrogen) atoms. The Hall–Kier alpha value is -0.540. The fourth-order valence-corrected chi connectivity index (χ4v) is 4.73.